The van der Waals surface area contributed by atoms with Gasteiger partial charge in [0, 0.05) is 12.3 Å². The molecule has 1 saturated carbocycles. The fourth-order valence-electron chi connectivity index (χ4n) is 2.84. The van der Waals surface area contributed by atoms with Crippen molar-refractivity contribution in [2.45, 2.75) is 24.7 Å². The summed E-state index contributed by atoms with van der Waals surface area (Å²) in [5.41, 5.74) is 3.03. The number of rotatable bonds is 0. The van der Waals surface area contributed by atoms with Crippen LogP contribution in [0.1, 0.15) is 41.4 Å². The minimum atomic E-state index is 0.100. The molecule has 1 fully saturated rings. The molecule has 68 valence electrons. The van der Waals surface area contributed by atoms with Gasteiger partial charge in [0.2, 0.25) is 0 Å². The Morgan fingerprint density at radius 2 is 2.29 bits per heavy atom. The topological polar surface area (TPSA) is 40.9 Å². The summed E-state index contributed by atoms with van der Waals surface area (Å²) >= 11 is 0. The molecule has 0 saturated heterocycles. The second-order valence-corrected chi connectivity index (χ2v) is 4.08. The molecule has 2 aliphatic carbocycles. The summed E-state index contributed by atoms with van der Waals surface area (Å²) < 4.78 is 0. The smallest absolute Gasteiger partial charge is 0.140 e. The van der Waals surface area contributed by atoms with Crippen molar-refractivity contribution in [3.8, 4) is 6.07 Å². The molecule has 2 atom stereocenters. The molecular weight excluding hydrogens is 174 g/mol. The Kier molecular flexibility index (Phi) is 1.36. The standard InChI is InChI=1S/C12H9NO/c13-6-7-2-1-3-9-10-4-8(12(7)9)5-11(10)14/h1-3,8,10H,4-5H2. The van der Waals surface area contributed by atoms with Gasteiger partial charge < -0.3 is 0 Å². The van der Waals surface area contributed by atoms with E-state index in [2.05, 4.69) is 6.07 Å². The molecule has 2 heteroatoms. The van der Waals surface area contributed by atoms with E-state index in [4.69, 9.17) is 5.26 Å². The number of carbonyl (C=O) groups is 1. The summed E-state index contributed by atoms with van der Waals surface area (Å²) in [7, 11) is 0. The van der Waals surface area contributed by atoms with Gasteiger partial charge in [0.25, 0.3) is 0 Å². The van der Waals surface area contributed by atoms with E-state index in [-0.39, 0.29) is 5.92 Å². The SMILES string of the molecule is N#Cc1cccc2c1C1CC(=O)C2C1. The zero-order valence-corrected chi connectivity index (χ0v) is 7.66. The molecule has 0 spiro atoms. The van der Waals surface area contributed by atoms with Crippen LogP contribution in [0.4, 0.5) is 0 Å². The Hall–Kier alpha value is -1.62. The highest BCUT2D eigenvalue weighted by molar-refractivity contribution is 5.92. The van der Waals surface area contributed by atoms with E-state index >= 15 is 0 Å². The monoisotopic (exact) mass is 183 g/mol. The van der Waals surface area contributed by atoms with Gasteiger partial charge in [-0.2, -0.15) is 5.26 Å². The van der Waals surface area contributed by atoms with Crippen LogP contribution in [0, 0.1) is 11.3 Å². The highest BCUT2D eigenvalue weighted by atomic mass is 16.1. The molecular formula is C12H9NO. The number of nitriles is 1. The zero-order valence-electron chi connectivity index (χ0n) is 7.66. The van der Waals surface area contributed by atoms with Gasteiger partial charge in [-0.25, -0.2) is 0 Å². The van der Waals surface area contributed by atoms with Gasteiger partial charge in [0.1, 0.15) is 5.78 Å². The minimum absolute atomic E-state index is 0.100. The predicted molar refractivity (Wildman–Crippen MR) is 50.9 cm³/mol. The highest BCUT2D eigenvalue weighted by Gasteiger charge is 2.43. The molecule has 2 unspecified atom stereocenters. The summed E-state index contributed by atoms with van der Waals surface area (Å²) in [6.45, 7) is 0. The first kappa shape index (κ1) is 7.75. The van der Waals surface area contributed by atoms with Crippen LogP contribution in [0.2, 0.25) is 0 Å². The molecule has 0 aliphatic heterocycles. The first-order chi connectivity index (χ1) is 6.81. The molecule has 3 rings (SSSR count). The van der Waals surface area contributed by atoms with Gasteiger partial charge in [-0.05, 0) is 29.5 Å². The number of Topliss-reactive ketones (excluding diaryl/α,β-unsaturated/α-hetero) is 1. The average molecular weight is 183 g/mol. The first-order valence-corrected chi connectivity index (χ1v) is 4.87. The summed E-state index contributed by atoms with van der Waals surface area (Å²) in [5.74, 6) is 0.791. The van der Waals surface area contributed by atoms with Gasteiger partial charge in [-0.15, -0.1) is 0 Å². The molecule has 0 radical (unpaired) electrons. The third-order valence-corrected chi connectivity index (χ3v) is 3.40. The Morgan fingerprint density at radius 3 is 3.07 bits per heavy atom. The van der Waals surface area contributed by atoms with Crippen LogP contribution < -0.4 is 0 Å². The second-order valence-electron chi connectivity index (χ2n) is 4.08. The van der Waals surface area contributed by atoms with Crippen LogP contribution in [0.5, 0.6) is 0 Å². The lowest BCUT2D eigenvalue weighted by Gasteiger charge is -2.14. The number of nitrogens with zero attached hydrogens (tertiary/aromatic N) is 1. The summed E-state index contributed by atoms with van der Waals surface area (Å²) in [4.78, 5) is 11.5. The second kappa shape index (κ2) is 2.45. The third-order valence-electron chi connectivity index (χ3n) is 3.40. The van der Waals surface area contributed by atoms with E-state index < -0.39 is 0 Å². The number of carbonyl (C=O) groups excluding carboxylic acids is 1. The molecule has 0 N–H and O–H groups in total. The Morgan fingerprint density at radius 1 is 1.43 bits per heavy atom. The zero-order chi connectivity index (χ0) is 9.71. The maximum Gasteiger partial charge on any atom is 0.140 e. The van der Waals surface area contributed by atoms with Crippen molar-refractivity contribution in [1.82, 2.24) is 0 Å². The highest BCUT2D eigenvalue weighted by Crippen LogP contribution is 2.51. The van der Waals surface area contributed by atoms with Crippen molar-refractivity contribution < 1.29 is 4.79 Å². The number of benzene rings is 1. The Labute approximate surface area is 82.2 Å². The molecule has 2 nitrogen and oxygen atoms in total. The molecule has 14 heavy (non-hydrogen) atoms. The van der Waals surface area contributed by atoms with Crippen molar-refractivity contribution in [3.05, 3.63) is 34.9 Å². The number of hydrogen-bond acceptors (Lipinski definition) is 2. The molecule has 2 bridgehead atoms. The largest absolute Gasteiger partial charge is 0.299 e. The van der Waals surface area contributed by atoms with Crippen LogP contribution in [0.3, 0.4) is 0 Å². The molecule has 1 aromatic rings. The summed E-state index contributed by atoms with van der Waals surface area (Å²) in [6.07, 6.45) is 1.59. The fraction of sp³-hybridized carbons (Fsp3) is 0.333. The van der Waals surface area contributed by atoms with Gasteiger partial charge in [-0.1, -0.05) is 12.1 Å². The minimum Gasteiger partial charge on any atom is -0.299 e. The maximum absolute atomic E-state index is 11.5. The van der Waals surface area contributed by atoms with Gasteiger partial charge in [0.15, 0.2) is 0 Å². The average Bonchev–Trinajstić information content (AvgIpc) is 2.74. The van der Waals surface area contributed by atoms with Crippen molar-refractivity contribution in [1.29, 1.82) is 5.26 Å². The maximum atomic E-state index is 11.5. The van der Waals surface area contributed by atoms with E-state index in [0.29, 0.717) is 18.1 Å². The first-order valence-electron chi connectivity index (χ1n) is 4.87. The molecule has 0 amide bonds. The lowest BCUT2D eigenvalue weighted by molar-refractivity contribution is -0.118. The molecule has 1 aromatic carbocycles. The van der Waals surface area contributed by atoms with E-state index in [1.807, 2.05) is 18.2 Å². The predicted octanol–water partition coefficient (Wildman–Crippen LogP) is 2.10. The van der Waals surface area contributed by atoms with Gasteiger partial charge in [0.05, 0.1) is 11.6 Å². The Balaban J connectivity index is 2.27. The lowest BCUT2D eigenvalue weighted by Crippen LogP contribution is -2.10. The number of ketones is 1. The Bertz CT molecular complexity index is 470. The fourth-order valence-corrected chi connectivity index (χ4v) is 2.84. The van der Waals surface area contributed by atoms with E-state index in [9.17, 15) is 4.79 Å². The molecule has 2 aliphatic rings. The van der Waals surface area contributed by atoms with E-state index in [0.717, 1.165) is 23.1 Å². The number of fused-ring (bicyclic) bond motifs is 5. The van der Waals surface area contributed by atoms with Crippen molar-refractivity contribution >= 4 is 5.78 Å². The lowest BCUT2D eigenvalue weighted by atomic mass is 9.88. The number of hydrogen-bond donors (Lipinski definition) is 0. The van der Waals surface area contributed by atoms with Crippen LogP contribution in [0.15, 0.2) is 18.2 Å². The van der Waals surface area contributed by atoms with Crippen LogP contribution >= 0.6 is 0 Å². The van der Waals surface area contributed by atoms with Crippen LogP contribution in [-0.2, 0) is 4.79 Å². The summed E-state index contributed by atoms with van der Waals surface area (Å²) in [6, 6.07) is 7.95. The normalized spacial score (nSPS) is 27.5. The van der Waals surface area contributed by atoms with Crippen molar-refractivity contribution in [2.24, 2.45) is 0 Å². The van der Waals surface area contributed by atoms with Crippen LogP contribution in [0.25, 0.3) is 0 Å². The molecule has 0 aromatic heterocycles. The van der Waals surface area contributed by atoms with Crippen molar-refractivity contribution in [2.75, 3.05) is 0 Å². The van der Waals surface area contributed by atoms with Crippen LogP contribution in [-0.4, -0.2) is 5.78 Å². The van der Waals surface area contributed by atoms with E-state index in [1.165, 1.54) is 0 Å². The van der Waals surface area contributed by atoms with Gasteiger partial charge >= 0.3 is 0 Å². The quantitative estimate of drug-likeness (QED) is 0.618. The van der Waals surface area contributed by atoms with Gasteiger partial charge in [-0.3, -0.25) is 4.79 Å². The molecule has 0 heterocycles. The van der Waals surface area contributed by atoms with Crippen molar-refractivity contribution in [3.63, 3.8) is 0 Å². The third kappa shape index (κ3) is 0.773. The summed E-state index contributed by atoms with van der Waals surface area (Å²) in [5, 5.41) is 8.96. The van der Waals surface area contributed by atoms with E-state index in [1.54, 1.807) is 0 Å².